The van der Waals surface area contributed by atoms with Crippen LogP contribution >= 0.6 is 11.8 Å². The first-order valence-corrected chi connectivity index (χ1v) is 21.3. The van der Waals surface area contributed by atoms with Crippen LogP contribution in [0, 0.1) is 0 Å². The monoisotopic (exact) mass is 795 g/mol. The van der Waals surface area contributed by atoms with Crippen molar-refractivity contribution in [3.05, 3.63) is 200 Å². The van der Waals surface area contributed by atoms with E-state index in [4.69, 9.17) is 15.0 Å². The van der Waals surface area contributed by atoms with E-state index in [0.717, 1.165) is 49.7 Å². The maximum Gasteiger partial charge on any atom is 0.238 e. The minimum absolute atomic E-state index is 0.585. The average Bonchev–Trinajstić information content (AvgIpc) is 3.84. The molecule has 0 aliphatic carbocycles. The third kappa shape index (κ3) is 5.26. The third-order valence-electron chi connectivity index (χ3n) is 12.2. The van der Waals surface area contributed by atoms with Crippen molar-refractivity contribution in [2.45, 2.75) is 9.79 Å². The molecule has 0 N–H and O–H groups in total. The lowest BCUT2D eigenvalue weighted by atomic mass is 9.94. The molecule has 9 aromatic carbocycles. The third-order valence-corrected chi connectivity index (χ3v) is 13.3. The summed E-state index contributed by atoms with van der Waals surface area (Å²) in [4.78, 5) is 17.8. The van der Waals surface area contributed by atoms with Crippen molar-refractivity contribution < 1.29 is 0 Å². The Morgan fingerprint density at radius 1 is 0.328 bits per heavy atom. The molecular formula is C55H33N5S. The molecule has 1 aliphatic rings. The van der Waals surface area contributed by atoms with Crippen LogP contribution in [0.4, 0.5) is 0 Å². The smallest absolute Gasteiger partial charge is 0.238 e. The number of fused-ring (bicyclic) bond motifs is 9. The van der Waals surface area contributed by atoms with Gasteiger partial charge in [0.15, 0.2) is 11.6 Å². The topological polar surface area (TPSA) is 48.5 Å². The Morgan fingerprint density at radius 3 is 1.64 bits per heavy atom. The van der Waals surface area contributed by atoms with E-state index in [0.29, 0.717) is 17.6 Å². The van der Waals surface area contributed by atoms with Gasteiger partial charge in [-0.05, 0) is 82.2 Å². The maximum atomic E-state index is 5.14. The summed E-state index contributed by atoms with van der Waals surface area (Å²) in [7, 11) is 0. The molecule has 12 aromatic rings. The van der Waals surface area contributed by atoms with Gasteiger partial charge in [0, 0.05) is 53.5 Å². The van der Waals surface area contributed by atoms with Crippen LogP contribution in [0.3, 0.4) is 0 Å². The zero-order chi connectivity index (χ0) is 40.0. The van der Waals surface area contributed by atoms with E-state index in [2.05, 4.69) is 149 Å². The summed E-state index contributed by atoms with van der Waals surface area (Å²) in [6.45, 7) is 0. The molecule has 13 rings (SSSR count). The van der Waals surface area contributed by atoms with Crippen LogP contribution in [-0.2, 0) is 0 Å². The van der Waals surface area contributed by atoms with Gasteiger partial charge in [0.05, 0.1) is 22.1 Å². The van der Waals surface area contributed by atoms with Crippen molar-refractivity contribution in [1.29, 1.82) is 0 Å². The lowest BCUT2D eigenvalue weighted by Gasteiger charge is -2.21. The highest BCUT2D eigenvalue weighted by Gasteiger charge is 2.25. The fourth-order valence-electron chi connectivity index (χ4n) is 9.45. The quantitative estimate of drug-likeness (QED) is 0.174. The minimum Gasteiger partial charge on any atom is -0.309 e. The summed E-state index contributed by atoms with van der Waals surface area (Å²) < 4.78 is 4.63. The summed E-state index contributed by atoms with van der Waals surface area (Å²) in [6.07, 6.45) is 0. The Hall–Kier alpha value is -7.80. The predicted molar refractivity (Wildman–Crippen MR) is 252 cm³/mol. The maximum absolute atomic E-state index is 5.14. The number of hydrogen-bond acceptors (Lipinski definition) is 4. The molecule has 0 radical (unpaired) electrons. The van der Waals surface area contributed by atoms with Gasteiger partial charge in [-0.25, -0.2) is 4.98 Å². The summed E-state index contributed by atoms with van der Waals surface area (Å²) in [5.74, 6) is 1.85. The van der Waals surface area contributed by atoms with E-state index in [1.54, 1.807) is 0 Å². The Kier molecular flexibility index (Phi) is 7.47. The van der Waals surface area contributed by atoms with Crippen LogP contribution < -0.4 is 0 Å². The van der Waals surface area contributed by atoms with Crippen LogP contribution in [0.25, 0.3) is 111 Å². The number of nitrogens with zero attached hydrogens (tertiary/aromatic N) is 5. The molecule has 1 aliphatic heterocycles. The summed E-state index contributed by atoms with van der Waals surface area (Å²) in [5.41, 5.74) is 12.4. The van der Waals surface area contributed by atoms with Gasteiger partial charge >= 0.3 is 0 Å². The number of benzene rings is 9. The Bertz CT molecular complexity index is 3660. The van der Waals surface area contributed by atoms with Crippen molar-refractivity contribution >= 4 is 66.1 Å². The van der Waals surface area contributed by atoms with E-state index in [9.17, 15) is 0 Å². The Labute approximate surface area is 355 Å². The van der Waals surface area contributed by atoms with Gasteiger partial charge in [0.25, 0.3) is 0 Å². The largest absolute Gasteiger partial charge is 0.309 e. The second-order valence-corrected chi connectivity index (χ2v) is 16.7. The van der Waals surface area contributed by atoms with Gasteiger partial charge in [-0.3, -0.25) is 4.57 Å². The molecule has 6 heteroatoms. The van der Waals surface area contributed by atoms with Gasteiger partial charge in [0.1, 0.15) is 0 Å². The lowest BCUT2D eigenvalue weighted by Crippen LogP contribution is -2.06. The van der Waals surface area contributed by atoms with Gasteiger partial charge < -0.3 is 4.57 Å². The van der Waals surface area contributed by atoms with E-state index < -0.39 is 0 Å². The molecule has 3 aromatic heterocycles. The highest BCUT2D eigenvalue weighted by molar-refractivity contribution is 7.99. The molecule has 0 unspecified atom stereocenters. The second kappa shape index (κ2) is 13.4. The first kappa shape index (κ1) is 34.1. The van der Waals surface area contributed by atoms with Crippen LogP contribution in [0.5, 0.6) is 0 Å². The van der Waals surface area contributed by atoms with Crippen LogP contribution in [-0.4, -0.2) is 24.1 Å². The Balaban J connectivity index is 1.03. The van der Waals surface area contributed by atoms with E-state index in [-0.39, 0.29) is 0 Å². The standard InChI is InChI=1S/C55H33N5S/c1-4-15-34(16-5-1)53-56-54(35-17-6-2-7-18-35)58-55(57-53)60-45-25-12-10-21-39(45)43-31-36(27-29-46(43)60)37-28-30-47-44(32-37)51-42-24-14-23-41-40-22-11-13-26-49(40)61-50(52(41)42)33-48(51)59(47)38-19-8-3-9-20-38/h1-33H. The first-order valence-electron chi connectivity index (χ1n) is 20.5. The van der Waals surface area contributed by atoms with Crippen molar-refractivity contribution in [2.75, 3.05) is 0 Å². The molecule has 284 valence electrons. The molecule has 4 heterocycles. The average molecular weight is 796 g/mol. The fraction of sp³-hybridized carbons (Fsp3) is 0. The fourth-order valence-corrected chi connectivity index (χ4v) is 10.6. The van der Waals surface area contributed by atoms with Crippen molar-refractivity contribution in [3.63, 3.8) is 0 Å². The molecule has 5 nitrogen and oxygen atoms in total. The number of aromatic nitrogens is 5. The zero-order valence-electron chi connectivity index (χ0n) is 32.7. The highest BCUT2D eigenvalue weighted by Crippen LogP contribution is 2.51. The van der Waals surface area contributed by atoms with E-state index in [1.165, 1.54) is 53.5 Å². The number of rotatable bonds is 5. The predicted octanol–water partition coefficient (Wildman–Crippen LogP) is 14.4. The van der Waals surface area contributed by atoms with Gasteiger partial charge in [0.2, 0.25) is 5.95 Å². The molecule has 0 saturated heterocycles. The minimum atomic E-state index is 0.585. The molecule has 0 amide bonds. The van der Waals surface area contributed by atoms with E-state index >= 15 is 0 Å². The molecule has 0 saturated carbocycles. The Morgan fingerprint density at radius 2 is 0.902 bits per heavy atom. The number of para-hydroxylation sites is 2. The molecule has 0 bridgehead atoms. The number of hydrogen-bond donors (Lipinski definition) is 0. The molecule has 61 heavy (non-hydrogen) atoms. The molecular weight excluding hydrogens is 763 g/mol. The van der Waals surface area contributed by atoms with Gasteiger partial charge in [-0.15, -0.1) is 0 Å². The molecule has 0 atom stereocenters. The highest BCUT2D eigenvalue weighted by atomic mass is 32.2. The van der Waals surface area contributed by atoms with Gasteiger partial charge in [-0.1, -0.05) is 157 Å². The molecule has 0 fully saturated rings. The van der Waals surface area contributed by atoms with Crippen LogP contribution in [0.15, 0.2) is 210 Å². The summed E-state index contributed by atoms with van der Waals surface area (Å²) in [5, 5.41) is 7.40. The van der Waals surface area contributed by atoms with Crippen molar-refractivity contribution in [2.24, 2.45) is 0 Å². The van der Waals surface area contributed by atoms with Gasteiger partial charge in [-0.2, -0.15) is 9.97 Å². The normalized spacial score (nSPS) is 12.2. The van der Waals surface area contributed by atoms with Crippen molar-refractivity contribution in [3.8, 4) is 56.7 Å². The van der Waals surface area contributed by atoms with Crippen LogP contribution in [0.1, 0.15) is 0 Å². The SMILES string of the molecule is c1ccc(-c2nc(-c3ccccc3)nc(-n3c4ccccc4c4cc(-c5ccc6c(c5)c5c7cccc8c7c(cc5n6-c5ccccc5)Sc5ccccc5-8)ccc43)n2)cc1. The lowest BCUT2D eigenvalue weighted by molar-refractivity contribution is 0.953. The van der Waals surface area contributed by atoms with E-state index in [1.807, 2.05) is 72.4 Å². The summed E-state index contributed by atoms with van der Waals surface area (Å²) in [6, 6.07) is 71.5. The molecule has 0 spiro atoms. The second-order valence-electron chi connectivity index (χ2n) is 15.6. The summed E-state index contributed by atoms with van der Waals surface area (Å²) >= 11 is 1.88. The first-order chi connectivity index (χ1) is 30.2. The van der Waals surface area contributed by atoms with Crippen molar-refractivity contribution in [1.82, 2.24) is 24.1 Å². The van der Waals surface area contributed by atoms with Crippen LogP contribution in [0.2, 0.25) is 0 Å². The zero-order valence-corrected chi connectivity index (χ0v) is 33.5.